The molecular formula is C30H31FN4O7. The van der Waals surface area contributed by atoms with Crippen LogP contribution in [0.1, 0.15) is 28.8 Å². The number of amides is 3. The monoisotopic (exact) mass is 578 g/mol. The molecular weight excluding hydrogens is 547 g/mol. The summed E-state index contributed by atoms with van der Waals surface area (Å²) in [6.07, 6.45) is -0.0328. The van der Waals surface area contributed by atoms with Crippen molar-refractivity contribution in [2.45, 2.75) is 25.5 Å². The maximum Gasteiger partial charge on any atom is 0.305 e. The second-order valence-electron chi connectivity index (χ2n) is 9.69. The van der Waals surface area contributed by atoms with E-state index in [0.717, 1.165) is 5.69 Å². The van der Waals surface area contributed by atoms with E-state index in [4.69, 9.17) is 9.47 Å². The Labute approximate surface area is 241 Å². The third-order valence-electron chi connectivity index (χ3n) is 6.36. The zero-order valence-electron chi connectivity index (χ0n) is 23.4. The highest BCUT2D eigenvalue weighted by Crippen LogP contribution is 2.37. The lowest BCUT2D eigenvalue weighted by atomic mass is 10.1. The lowest BCUT2D eigenvalue weighted by molar-refractivity contribution is -0.140. The van der Waals surface area contributed by atoms with Gasteiger partial charge in [-0.15, -0.1) is 0 Å². The molecule has 220 valence electrons. The Morgan fingerprint density at radius 2 is 1.81 bits per heavy atom. The number of fused-ring (bicyclic) bond motifs is 1. The lowest BCUT2D eigenvalue weighted by Crippen LogP contribution is -2.41. The van der Waals surface area contributed by atoms with Gasteiger partial charge in [0, 0.05) is 32.3 Å². The van der Waals surface area contributed by atoms with Crippen LogP contribution in [0.25, 0.3) is 0 Å². The number of ether oxygens (including phenoxy) is 3. The number of nitrogens with one attached hydrogen (secondary N) is 3. The topological polar surface area (TPSA) is 135 Å². The van der Waals surface area contributed by atoms with E-state index in [-0.39, 0.29) is 54.6 Å². The Morgan fingerprint density at radius 3 is 2.52 bits per heavy atom. The van der Waals surface area contributed by atoms with Crippen LogP contribution in [-0.4, -0.2) is 57.5 Å². The highest BCUT2D eigenvalue weighted by atomic mass is 19.1. The van der Waals surface area contributed by atoms with E-state index in [1.807, 2.05) is 25.1 Å². The SMILES string of the molecule is COC(=O)CC[C@H]1NC(=O)c2cc(Oc3cccc(N(C)C)c3)c(NC(=O)COCc3ccc(F)cc3)cc2NC1=O. The molecule has 0 aromatic heterocycles. The number of esters is 1. The number of anilines is 3. The van der Waals surface area contributed by atoms with Crippen LogP contribution in [0.5, 0.6) is 11.5 Å². The standard InChI is InChI=1S/C30H31FN4O7/c1-35(2)20-5-4-6-21(13-20)42-26-14-22-24(34-30(39)23(33-29(22)38)11-12-28(37)40-3)15-25(26)32-27(36)17-41-16-18-7-9-19(31)10-8-18/h4-10,13-15,23H,11-12,16-17H2,1-3H3,(H,32,36)(H,33,38)(H,34,39)/t23-/m1/s1. The van der Waals surface area contributed by atoms with Crippen molar-refractivity contribution in [3.8, 4) is 11.5 Å². The summed E-state index contributed by atoms with van der Waals surface area (Å²) < 4.78 is 29.4. The molecule has 1 atom stereocenters. The van der Waals surface area contributed by atoms with Crippen molar-refractivity contribution >= 4 is 40.8 Å². The highest BCUT2D eigenvalue weighted by Gasteiger charge is 2.30. The number of nitrogens with zero attached hydrogens (tertiary/aromatic N) is 1. The Kier molecular flexibility index (Phi) is 9.71. The molecule has 3 aromatic carbocycles. The molecule has 0 unspecified atom stereocenters. The maximum atomic E-state index is 13.1. The number of hydrogen-bond acceptors (Lipinski definition) is 8. The van der Waals surface area contributed by atoms with Crippen molar-refractivity contribution in [1.82, 2.24) is 5.32 Å². The number of halogens is 1. The smallest absolute Gasteiger partial charge is 0.305 e. The number of hydrogen-bond donors (Lipinski definition) is 3. The van der Waals surface area contributed by atoms with E-state index < -0.39 is 29.7 Å². The Balaban J connectivity index is 1.58. The molecule has 3 amide bonds. The van der Waals surface area contributed by atoms with Crippen LogP contribution in [0, 0.1) is 5.82 Å². The summed E-state index contributed by atoms with van der Waals surface area (Å²) in [6, 6.07) is 14.8. The Morgan fingerprint density at radius 1 is 1.05 bits per heavy atom. The van der Waals surface area contributed by atoms with Crippen molar-refractivity contribution in [2.24, 2.45) is 0 Å². The van der Waals surface area contributed by atoms with E-state index in [1.54, 1.807) is 30.3 Å². The van der Waals surface area contributed by atoms with Crippen LogP contribution < -0.4 is 25.6 Å². The molecule has 42 heavy (non-hydrogen) atoms. The summed E-state index contributed by atoms with van der Waals surface area (Å²) >= 11 is 0. The summed E-state index contributed by atoms with van der Waals surface area (Å²) in [4.78, 5) is 52.3. The predicted octanol–water partition coefficient (Wildman–Crippen LogP) is 3.84. The Hall–Kier alpha value is -4.97. The third kappa shape index (κ3) is 7.82. The van der Waals surface area contributed by atoms with Crippen molar-refractivity contribution in [3.63, 3.8) is 0 Å². The zero-order valence-corrected chi connectivity index (χ0v) is 23.4. The zero-order chi connectivity index (χ0) is 30.2. The summed E-state index contributed by atoms with van der Waals surface area (Å²) in [7, 11) is 4.99. The van der Waals surface area contributed by atoms with Gasteiger partial charge >= 0.3 is 5.97 Å². The second kappa shape index (κ2) is 13.6. The van der Waals surface area contributed by atoms with E-state index in [1.165, 1.54) is 31.4 Å². The van der Waals surface area contributed by atoms with Gasteiger partial charge in [-0.3, -0.25) is 19.2 Å². The van der Waals surface area contributed by atoms with Gasteiger partial charge in [-0.2, -0.15) is 0 Å². The van der Waals surface area contributed by atoms with Crippen LogP contribution in [0.3, 0.4) is 0 Å². The quantitative estimate of drug-likeness (QED) is 0.292. The van der Waals surface area contributed by atoms with Crippen LogP contribution >= 0.6 is 0 Å². The van der Waals surface area contributed by atoms with Gasteiger partial charge in [-0.25, -0.2) is 4.39 Å². The fourth-order valence-corrected chi connectivity index (χ4v) is 4.12. The molecule has 0 radical (unpaired) electrons. The van der Waals surface area contributed by atoms with Crippen molar-refractivity contribution in [2.75, 3.05) is 43.3 Å². The molecule has 3 N–H and O–H groups in total. The van der Waals surface area contributed by atoms with Crippen LogP contribution in [0.2, 0.25) is 0 Å². The van der Waals surface area contributed by atoms with Crippen molar-refractivity contribution < 1.29 is 37.8 Å². The Bertz CT molecular complexity index is 1480. The first-order valence-electron chi connectivity index (χ1n) is 13.1. The van der Waals surface area contributed by atoms with Gasteiger partial charge in [-0.1, -0.05) is 18.2 Å². The summed E-state index contributed by atoms with van der Waals surface area (Å²) in [5.74, 6) is -1.92. The summed E-state index contributed by atoms with van der Waals surface area (Å²) in [5, 5.41) is 8.05. The molecule has 0 saturated heterocycles. The molecule has 1 heterocycles. The molecule has 0 spiro atoms. The molecule has 0 bridgehead atoms. The largest absolute Gasteiger partial charge is 0.469 e. The molecule has 11 nitrogen and oxygen atoms in total. The number of benzene rings is 3. The minimum Gasteiger partial charge on any atom is -0.469 e. The normalized spacial score (nSPS) is 14.1. The molecule has 1 aliphatic rings. The van der Waals surface area contributed by atoms with Gasteiger partial charge in [-0.05, 0) is 48.4 Å². The minimum atomic E-state index is -0.983. The number of rotatable bonds is 11. The van der Waals surface area contributed by atoms with E-state index in [9.17, 15) is 23.6 Å². The minimum absolute atomic E-state index is 0.0356. The van der Waals surface area contributed by atoms with Gasteiger partial charge in [0.15, 0.2) is 5.75 Å². The molecule has 1 aliphatic heterocycles. The molecule has 0 saturated carbocycles. The summed E-state index contributed by atoms with van der Waals surface area (Å²) in [6.45, 7) is -0.242. The van der Waals surface area contributed by atoms with Gasteiger partial charge in [0.1, 0.15) is 24.2 Å². The van der Waals surface area contributed by atoms with Crippen molar-refractivity contribution in [3.05, 3.63) is 77.6 Å². The fourth-order valence-electron chi connectivity index (χ4n) is 4.12. The molecule has 0 fully saturated rings. The average molecular weight is 579 g/mol. The summed E-state index contributed by atoms with van der Waals surface area (Å²) in [5.41, 5.74) is 1.98. The van der Waals surface area contributed by atoms with Gasteiger partial charge in [0.2, 0.25) is 11.8 Å². The fraction of sp³-hybridized carbons (Fsp3) is 0.267. The van der Waals surface area contributed by atoms with E-state index in [0.29, 0.717) is 11.3 Å². The number of carbonyl (C=O) groups excluding carboxylic acids is 4. The van der Waals surface area contributed by atoms with Crippen LogP contribution in [0.15, 0.2) is 60.7 Å². The molecule has 12 heteroatoms. The third-order valence-corrected chi connectivity index (χ3v) is 6.36. The molecule has 3 aromatic rings. The highest BCUT2D eigenvalue weighted by molar-refractivity contribution is 6.11. The van der Waals surface area contributed by atoms with Gasteiger partial charge in [0.05, 0.1) is 30.7 Å². The molecule has 4 rings (SSSR count). The van der Waals surface area contributed by atoms with Crippen molar-refractivity contribution in [1.29, 1.82) is 0 Å². The lowest BCUT2D eigenvalue weighted by Gasteiger charge is -2.17. The van der Waals surface area contributed by atoms with Crippen LogP contribution in [-0.2, 0) is 30.5 Å². The first kappa shape index (κ1) is 30.0. The first-order valence-corrected chi connectivity index (χ1v) is 13.1. The van der Waals surface area contributed by atoms with Crippen LogP contribution in [0.4, 0.5) is 21.5 Å². The predicted molar refractivity (Wildman–Crippen MR) is 153 cm³/mol. The average Bonchev–Trinajstić information content (AvgIpc) is 3.08. The van der Waals surface area contributed by atoms with E-state index in [2.05, 4.69) is 20.7 Å². The first-order chi connectivity index (χ1) is 20.1. The number of methoxy groups -OCH3 is 1. The maximum absolute atomic E-state index is 13.1. The van der Waals surface area contributed by atoms with Gasteiger partial charge in [0.25, 0.3) is 5.91 Å². The van der Waals surface area contributed by atoms with Gasteiger partial charge < -0.3 is 35.1 Å². The second-order valence-corrected chi connectivity index (χ2v) is 9.69. The number of carbonyl (C=O) groups is 4. The van der Waals surface area contributed by atoms with E-state index >= 15 is 0 Å². The molecule has 0 aliphatic carbocycles.